The van der Waals surface area contributed by atoms with Gasteiger partial charge >= 0.3 is 0 Å². The minimum absolute atomic E-state index is 0.0831. The second-order valence-corrected chi connectivity index (χ2v) is 8.67. The van der Waals surface area contributed by atoms with Crippen molar-refractivity contribution in [1.82, 2.24) is 14.5 Å². The molecular formula is C19H22ClN3O3S. The molecule has 0 saturated carbocycles. The molecule has 1 saturated heterocycles. The van der Waals surface area contributed by atoms with Gasteiger partial charge < -0.3 is 4.90 Å². The number of nitrogens with one attached hydrogen (secondary N) is 1. The van der Waals surface area contributed by atoms with E-state index in [9.17, 15) is 13.2 Å². The lowest BCUT2D eigenvalue weighted by atomic mass is 10.1. The molecule has 0 bridgehead atoms. The van der Waals surface area contributed by atoms with Gasteiger partial charge in [0, 0.05) is 38.3 Å². The van der Waals surface area contributed by atoms with Crippen LogP contribution in [0.15, 0.2) is 53.4 Å². The van der Waals surface area contributed by atoms with Crippen LogP contribution in [-0.4, -0.2) is 57.4 Å². The van der Waals surface area contributed by atoms with E-state index in [0.29, 0.717) is 18.7 Å². The largest absolute Gasteiger partial charge is 0.336 e. The highest BCUT2D eigenvalue weighted by Gasteiger charge is 2.24. The fourth-order valence-corrected chi connectivity index (χ4v) is 4.33. The summed E-state index contributed by atoms with van der Waals surface area (Å²) in [5.41, 5.74) is 1.57. The van der Waals surface area contributed by atoms with E-state index in [-0.39, 0.29) is 15.8 Å². The molecule has 2 aromatic rings. The highest BCUT2D eigenvalue weighted by Crippen LogP contribution is 2.23. The van der Waals surface area contributed by atoms with Crippen molar-refractivity contribution in [2.24, 2.45) is 0 Å². The van der Waals surface area contributed by atoms with Gasteiger partial charge in [-0.05, 0) is 30.8 Å². The average Bonchev–Trinajstić information content (AvgIpc) is 2.69. The zero-order valence-electron chi connectivity index (χ0n) is 15.1. The summed E-state index contributed by atoms with van der Waals surface area (Å²) in [7, 11) is -2.41. The molecule has 27 heavy (non-hydrogen) atoms. The Balaban J connectivity index is 1.67. The van der Waals surface area contributed by atoms with Gasteiger partial charge in [-0.25, -0.2) is 13.1 Å². The smallest absolute Gasteiger partial charge is 0.253 e. The topological polar surface area (TPSA) is 69.7 Å². The summed E-state index contributed by atoms with van der Waals surface area (Å²) < 4.78 is 26.4. The van der Waals surface area contributed by atoms with Crippen LogP contribution < -0.4 is 4.72 Å². The monoisotopic (exact) mass is 407 g/mol. The average molecular weight is 408 g/mol. The molecule has 1 N–H and O–H groups in total. The van der Waals surface area contributed by atoms with Crippen LogP contribution in [0, 0.1) is 0 Å². The van der Waals surface area contributed by atoms with Crippen molar-refractivity contribution in [3.8, 4) is 0 Å². The van der Waals surface area contributed by atoms with E-state index < -0.39 is 10.0 Å². The molecule has 0 aliphatic carbocycles. The molecule has 6 nitrogen and oxygen atoms in total. The molecule has 0 atom stereocenters. The van der Waals surface area contributed by atoms with E-state index >= 15 is 0 Å². The van der Waals surface area contributed by atoms with E-state index in [4.69, 9.17) is 11.6 Å². The summed E-state index contributed by atoms with van der Waals surface area (Å²) in [6, 6.07) is 14.6. The van der Waals surface area contributed by atoms with Crippen molar-refractivity contribution in [2.75, 3.05) is 33.2 Å². The lowest BCUT2D eigenvalue weighted by Crippen LogP contribution is -2.48. The minimum Gasteiger partial charge on any atom is -0.336 e. The second kappa shape index (κ2) is 8.39. The van der Waals surface area contributed by atoms with Crippen molar-refractivity contribution in [1.29, 1.82) is 0 Å². The van der Waals surface area contributed by atoms with Crippen LogP contribution >= 0.6 is 11.6 Å². The fourth-order valence-electron chi connectivity index (χ4n) is 3.09. The maximum absolute atomic E-state index is 12.8. The number of amides is 1. The number of halogens is 1. The van der Waals surface area contributed by atoms with Gasteiger partial charge in [0.05, 0.1) is 5.02 Å². The van der Waals surface area contributed by atoms with Crippen molar-refractivity contribution in [3.05, 3.63) is 64.7 Å². The van der Waals surface area contributed by atoms with Gasteiger partial charge in [-0.1, -0.05) is 41.9 Å². The Morgan fingerprint density at radius 3 is 2.37 bits per heavy atom. The summed E-state index contributed by atoms with van der Waals surface area (Å²) in [4.78, 5) is 16.8. The summed E-state index contributed by atoms with van der Waals surface area (Å²) >= 11 is 6.00. The first kappa shape index (κ1) is 19.8. The lowest BCUT2D eigenvalue weighted by molar-refractivity contribution is 0.0628. The van der Waals surface area contributed by atoms with E-state index in [1.54, 1.807) is 11.0 Å². The quantitative estimate of drug-likeness (QED) is 0.825. The van der Waals surface area contributed by atoms with Crippen LogP contribution in [0.25, 0.3) is 0 Å². The first-order chi connectivity index (χ1) is 12.9. The Kier molecular flexibility index (Phi) is 6.16. The Labute approximate surface area is 164 Å². The highest BCUT2D eigenvalue weighted by atomic mass is 35.5. The molecule has 144 valence electrons. The molecule has 0 unspecified atom stereocenters. The van der Waals surface area contributed by atoms with Crippen molar-refractivity contribution >= 4 is 27.5 Å². The normalized spacial score (nSPS) is 15.7. The van der Waals surface area contributed by atoms with Gasteiger partial charge in [0.2, 0.25) is 10.0 Å². The molecule has 1 fully saturated rings. The van der Waals surface area contributed by atoms with Crippen LogP contribution in [0.3, 0.4) is 0 Å². The third kappa shape index (κ3) is 4.68. The van der Waals surface area contributed by atoms with E-state index in [1.807, 2.05) is 18.2 Å². The van der Waals surface area contributed by atoms with Crippen LogP contribution in [0.5, 0.6) is 0 Å². The molecule has 2 aromatic carbocycles. The highest BCUT2D eigenvalue weighted by molar-refractivity contribution is 7.89. The number of hydrogen-bond donors (Lipinski definition) is 1. The number of rotatable bonds is 5. The van der Waals surface area contributed by atoms with Gasteiger partial charge in [-0.15, -0.1) is 0 Å². The summed E-state index contributed by atoms with van der Waals surface area (Å²) in [5.74, 6) is -0.182. The maximum Gasteiger partial charge on any atom is 0.253 e. The Bertz CT molecular complexity index is 911. The third-order valence-electron chi connectivity index (χ3n) is 4.64. The molecule has 0 aromatic heterocycles. The molecule has 1 amide bonds. The number of piperazine rings is 1. The van der Waals surface area contributed by atoms with Crippen molar-refractivity contribution in [2.45, 2.75) is 11.4 Å². The van der Waals surface area contributed by atoms with Gasteiger partial charge in [0.1, 0.15) is 4.90 Å². The minimum atomic E-state index is -3.72. The molecule has 1 aliphatic rings. The molecule has 1 aliphatic heterocycles. The Morgan fingerprint density at radius 1 is 1.07 bits per heavy atom. The fraction of sp³-hybridized carbons (Fsp3) is 0.316. The van der Waals surface area contributed by atoms with Crippen LogP contribution in [0.4, 0.5) is 0 Å². The second-order valence-electron chi connectivity index (χ2n) is 6.41. The molecule has 0 radical (unpaired) electrons. The first-order valence-corrected chi connectivity index (χ1v) is 10.6. The number of nitrogens with zero attached hydrogens (tertiary/aromatic N) is 2. The van der Waals surface area contributed by atoms with Gasteiger partial charge in [-0.3, -0.25) is 9.69 Å². The van der Waals surface area contributed by atoms with E-state index in [2.05, 4.69) is 21.8 Å². The van der Waals surface area contributed by atoms with Crippen molar-refractivity contribution in [3.63, 3.8) is 0 Å². The zero-order valence-corrected chi connectivity index (χ0v) is 16.6. The molecule has 0 spiro atoms. The van der Waals surface area contributed by atoms with Crippen LogP contribution in [0.2, 0.25) is 5.02 Å². The number of carbonyl (C=O) groups excluding carboxylic acids is 1. The van der Waals surface area contributed by atoms with Crippen molar-refractivity contribution < 1.29 is 13.2 Å². The molecule has 3 rings (SSSR count). The number of sulfonamides is 1. The Hall–Kier alpha value is -1.93. The zero-order chi connectivity index (χ0) is 19.4. The predicted octanol–water partition coefficient (Wildman–Crippen LogP) is 2.21. The van der Waals surface area contributed by atoms with Gasteiger partial charge in [0.25, 0.3) is 5.91 Å². The number of benzene rings is 2. The van der Waals surface area contributed by atoms with Crippen LogP contribution in [0.1, 0.15) is 15.9 Å². The summed E-state index contributed by atoms with van der Waals surface area (Å²) in [6.07, 6.45) is 0. The van der Waals surface area contributed by atoms with Gasteiger partial charge in [-0.2, -0.15) is 0 Å². The molecular weight excluding hydrogens is 386 g/mol. The molecule has 1 heterocycles. The summed E-state index contributed by atoms with van der Waals surface area (Å²) in [5, 5.41) is 0.0913. The number of carbonyl (C=O) groups is 1. The SMILES string of the molecule is CNS(=O)(=O)c1cc(C(=O)N2CCN(Cc3ccccc3)CC2)ccc1Cl. The van der Waals surface area contributed by atoms with Crippen LogP contribution in [-0.2, 0) is 16.6 Å². The third-order valence-corrected chi connectivity index (χ3v) is 6.54. The van der Waals surface area contributed by atoms with E-state index in [1.165, 1.54) is 24.7 Å². The summed E-state index contributed by atoms with van der Waals surface area (Å²) in [6.45, 7) is 3.60. The standard InChI is InChI=1S/C19H22ClN3O3S/c1-21-27(25,26)18-13-16(7-8-17(18)20)19(24)23-11-9-22(10-12-23)14-15-5-3-2-4-6-15/h2-8,13,21H,9-12,14H2,1H3. The molecule has 8 heteroatoms. The lowest BCUT2D eigenvalue weighted by Gasteiger charge is -2.34. The number of hydrogen-bond acceptors (Lipinski definition) is 4. The first-order valence-electron chi connectivity index (χ1n) is 8.69. The predicted molar refractivity (Wildman–Crippen MR) is 105 cm³/mol. The Morgan fingerprint density at radius 2 is 1.74 bits per heavy atom. The maximum atomic E-state index is 12.8. The van der Waals surface area contributed by atoms with Gasteiger partial charge in [0.15, 0.2) is 0 Å². The van der Waals surface area contributed by atoms with E-state index in [0.717, 1.165) is 19.6 Å².